The summed E-state index contributed by atoms with van der Waals surface area (Å²) >= 11 is 6.03. The second-order valence-corrected chi connectivity index (χ2v) is 10.6. The smallest absolute Gasteiger partial charge is 0.254 e. The van der Waals surface area contributed by atoms with Gasteiger partial charge in [0.05, 0.1) is 28.1 Å². The van der Waals surface area contributed by atoms with Crippen LogP contribution in [-0.2, 0) is 11.3 Å². The van der Waals surface area contributed by atoms with Crippen molar-refractivity contribution in [3.05, 3.63) is 94.5 Å². The molecule has 8 nitrogen and oxygen atoms in total. The number of nitrogens with one attached hydrogen (secondary N) is 2. The SMILES string of the molecule is O=C(CSc1nnc(CNC(=O)c2ccccc2F)n1-c1ccc(Br)cc1)Nc1nc2ccccc2s1. The zero-order valence-electron chi connectivity index (χ0n) is 19.0. The van der Waals surface area contributed by atoms with Crippen molar-refractivity contribution in [2.24, 2.45) is 0 Å². The van der Waals surface area contributed by atoms with E-state index in [1.807, 2.05) is 48.5 Å². The number of hydrogen-bond acceptors (Lipinski definition) is 7. The van der Waals surface area contributed by atoms with Crippen LogP contribution in [0.3, 0.4) is 0 Å². The third-order valence-electron chi connectivity index (χ3n) is 5.18. The molecule has 0 aliphatic rings. The van der Waals surface area contributed by atoms with E-state index in [-0.39, 0.29) is 23.8 Å². The van der Waals surface area contributed by atoms with Crippen molar-refractivity contribution in [2.45, 2.75) is 11.7 Å². The normalized spacial score (nSPS) is 11.0. The summed E-state index contributed by atoms with van der Waals surface area (Å²) in [5, 5.41) is 15.0. The molecule has 0 saturated carbocycles. The van der Waals surface area contributed by atoms with Crippen LogP contribution in [0, 0.1) is 5.82 Å². The van der Waals surface area contributed by atoms with Gasteiger partial charge in [-0.25, -0.2) is 9.37 Å². The second-order valence-electron chi connectivity index (χ2n) is 7.70. The van der Waals surface area contributed by atoms with Crippen LogP contribution in [0.25, 0.3) is 15.9 Å². The molecule has 0 saturated heterocycles. The van der Waals surface area contributed by atoms with Crippen LogP contribution >= 0.6 is 39.0 Å². The fourth-order valence-electron chi connectivity index (χ4n) is 3.47. The van der Waals surface area contributed by atoms with E-state index >= 15 is 0 Å². The van der Waals surface area contributed by atoms with Gasteiger partial charge in [-0.15, -0.1) is 10.2 Å². The van der Waals surface area contributed by atoms with Crippen LogP contribution in [0.1, 0.15) is 16.2 Å². The Morgan fingerprint density at radius 3 is 2.54 bits per heavy atom. The standard InChI is InChI=1S/C25H18BrFN6O2S2/c26-15-9-11-16(12-10-15)33-21(13-28-23(35)17-5-1-2-6-18(17)27)31-32-25(33)36-14-22(34)30-24-29-19-7-3-4-8-20(19)37-24/h1-12H,13-14H2,(H,28,35)(H,29,30,34). The minimum absolute atomic E-state index is 0.00862. The number of thiazole rings is 1. The Morgan fingerprint density at radius 1 is 1.00 bits per heavy atom. The number of anilines is 1. The Morgan fingerprint density at radius 2 is 1.76 bits per heavy atom. The van der Waals surface area contributed by atoms with E-state index in [0.29, 0.717) is 16.1 Å². The van der Waals surface area contributed by atoms with Gasteiger partial charge >= 0.3 is 0 Å². The highest BCUT2D eigenvalue weighted by Gasteiger charge is 2.18. The Balaban J connectivity index is 1.32. The third kappa shape index (κ3) is 5.87. The summed E-state index contributed by atoms with van der Waals surface area (Å²) in [5.74, 6) is -0.894. The molecule has 0 unspecified atom stereocenters. The van der Waals surface area contributed by atoms with Crippen LogP contribution < -0.4 is 10.6 Å². The van der Waals surface area contributed by atoms with E-state index in [9.17, 15) is 14.0 Å². The molecule has 0 atom stereocenters. The zero-order chi connectivity index (χ0) is 25.8. The lowest BCUT2D eigenvalue weighted by Crippen LogP contribution is -2.25. The van der Waals surface area contributed by atoms with Gasteiger partial charge in [0, 0.05) is 10.2 Å². The van der Waals surface area contributed by atoms with Gasteiger partial charge in [-0.05, 0) is 48.5 Å². The maximum Gasteiger partial charge on any atom is 0.254 e. The molecule has 12 heteroatoms. The lowest BCUT2D eigenvalue weighted by Gasteiger charge is -2.11. The number of carbonyl (C=O) groups is 2. The van der Waals surface area contributed by atoms with Gasteiger partial charge in [0.1, 0.15) is 5.82 Å². The fraction of sp³-hybridized carbons (Fsp3) is 0.0800. The Bertz CT molecular complexity index is 1550. The van der Waals surface area contributed by atoms with Gasteiger partial charge in [0.15, 0.2) is 16.1 Å². The number of para-hydroxylation sites is 1. The van der Waals surface area contributed by atoms with Gasteiger partial charge in [-0.1, -0.05) is 63.3 Å². The molecular weight excluding hydrogens is 579 g/mol. The van der Waals surface area contributed by atoms with Crippen LogP contribution in [0.15, 0.2) is 82.4 Å². The van der Waals surface area contributed by atoms with Crippen molar-refractivity contribution in [1.82, 2.24) is 25.1 Å². The quantitative estimate of drug-likeness (QED) is 0.231. The first-order valence-electron chi connectivity index (χ1n) is 11.0. The number of halogens is 2. The first kappa shape index (κ1) is 25.1. The molecule has 0 aliphatic carbocycles. The molecule has 0 bridgehead atoms. The molecule has 2 heterocycles. The fourth-order valence-corrected chi connectivity index (χ4v) is 5.39. The van der Waals surface area contributed by atoms with Crippen LogP contribution in [-0.4, -0.2) is 37.3 Å². The van der Waals surface area contributed by atoms with E-state index in [0.717, 1.165) is 20.4 Å². The van der Waals surface area contributed by atoms with Gasteiger partial charge in [0.2, 0.25) is 5.91 Å². The van der Waals surface area contributed by atoms with E-state index < -0.39 is 11.7 Å². The summed E-state index contributed by atoms with van der Waals surface area (Å²) in [4.78, 5) is 29.6. The first-order valence-corrected chi connectivity index (χ1v) is 13.6. The number of aromatic nitrogens is 4. The molecule has 0 spiro atoms. The summed E-state index contributed by atoms with van der Waals surface area (Å²) in [5.41, 5.74) is 1.52. The molecule has 5 rings (SSSR count). The van der Waals surface area contributed by atoms with E-state index in [2.05, 4.69) is 41.7 Å². The van der Waals surface area contributed by atoms with Crippen LogP contribution in [0.2, 0.25) is 0 Å². The lowest BCUT2D eigenvalue weighted by molar-refractivity contribution is -0.113. The second kappa shape index (κ2) is 11.2. The summed E-state index contributed by atoms with van der Waals surface area (Å²) in [6, 6.07) is 20.9. The molecule has 3 aromatic carbocycles. The molecule has 0 aliphatic heterocycles. The average molecular weight is 597 g/mol. The van der Waals surface area contributed by atoms with Crippen molar-refractivity contribution in [2.75, 3.05) is 11.1 Å². The van der Waals surface area contributed by atoms with Gasteiger partial charge in [-0.3, -0.25) is 14.2 Å². The molecule has 2 N–H and O–H groups in total. The molecule has 0 radical (unpaired) electrons. The first-order chi connectivity index (χ1) is 18.0. The Hall–Kier alpha value is -3.61. The van der Waals surface area contributed by atoms with Crippen molar-refractivity contribution in [3.8, 4) is 5.69 Å². The van der Waals surface area contributed by atoms with Crippen LogP contribution in [0.5, 0.6) is 0 Å². The molecule has 0 fully saturated rings. The number of benzene rings is 3. The highest BCUT2D eigenvalue weighted by molar-refractivity contribution is 9.10. The number of hydrogen-bond donors (Lipinski definition) is 2. The number of carbonyl (C=O) groups excluding carboxylic acids is 2. The topological polar surface area (TPSA) is 102 Å². The number of nitrogens with zero attached hydrogens (tertiary/aromatic N) is 4. The van der Waals surface area contributed by atoms with Crippen molar-refractivity contribution >= 4 is 66.2 Å². The van der Waals surface area contributed by atoms with Gasteiger partial charge in [-0.2, -0.15) is 0 Å². The largest absolute Gasteiger partial charge is 0.345 e. The highest BCUT2D eigenvalue weighted by atomic mass is 79.9. The summed E-state index contributed by atoms with van der Waals surface area (Å²) in [6.07, 6.45) is 0. The maximum absolute atomic E-state index is 14.0. The van der Waals surface area contributed by atoms with Crippen molar-refractivity contribution in [1.29, 1.82) is 0 Å². The monoisotopic (exact) mass is 596 g/mol. The van der Waals surface area contributed by atoms with Crippen LogP contribution in [0.4, 0.5) is 9.52 Å². The zero-order valence-corrected chi connectivity index (χ0v) is 22.2. The molecule has 2 aromatic heterocycles. The molecular formula is C25H18BrFN6O2S2. The molecule has 2 amide bonds. The van der Waals surface area contributed by atoms with Crippen molar-refractivity contribution in [3.63, 3.8) is 0 Å². The number of amides is 2. The Kier molecular flexibility index (Phi) is 7.58. The maximum atomic E-state index is 14.0. The van der Waals surface area contributed by atoms with Crippen molar-refractivity contribution < 1.29 is 14.0 Å². The predicted molar refractivity (Wildman–Crippen MR) is 146 cm³/mol. The van der Waals surface area contributed by atoms with E-state index in [1.165, 1.54) is 41.3 Å². The predicted octanol–water partition coefficient (Wildman–Crippen LogP) is 5.44. The molecule has 5 aromatic rings. The van der Waals surface area contributed by atoms with E-state index in [1.54, 1.807) is 10.6 Å². The minimum Gasteiger partial charge on any atom is -0.345 e. The summed E-state index contributed by atoms with van der Waals surface area (Å²) in [6.45, 7) is 0.00862. The lowest BCUT2D eigenvalue weighted by atomic mass is 10.2. The Labute approximate surface area is 227 Å². The van der Waals surface area contributed by atoms with Gasteiger partial charge < -0.3 is 10.6 Å². The summed E-state index contributed by atoms with van der Waals surface area (Å²) < 4.78 is 17.6. The van der Waals surface area contributed by atoms with Gasteiger partial charge in [0.25, 0.3) is 5.91 Å². The number of thioether (sulfide) groups is 1. The average Bonchev–Trinajstić information content (AvgIpc) is 3.50. The summed E-state index contributed by atoms with van der Waals surface area (Å²) in [7, 11) is 0. The number of fused-ring (bicyclic) bond motifs is 1. The van der Waals surface area contributed by atoms with E-state index in [4.69, 9.17) is 0 Å². The third-order valence-corrected chi connectivity index (χ3v) is 7.59. The highest BCUT2D eigenvalue weighted by Crippen LogP contribution is 2.27. The number of rotatable bonds is 8. The molecule has 186 valence electrons. The molecule has 37 heavy (non-hydrogen) atoms. The minimum atomic E-state index is -0.607.